The normalized spacial score (nSPS) is 13.9. The standard InChI is InChI=1S/C24H38N4O6/c1-15(2)12-17(20(30)25-6)27-21(31)18(13-16-10-8-7-9-11-16)28-22(32)19(29)14-26-23(33)34-24(3,4)5/h7-11,15,17-19,29H,12-14H2,1-6H3,(H,25,30)(H,26,33)(H,27,31)(H,28,32)/t17-,18-,19?/m0/s1. The molecule has 0 aliphatic carbocycles. The van der Waals surface area contributed by atoms with Gasteiger partial charge in [-0.25, -0.2) is 4.79 Å². The number of hydrogen-bond acceptors (Lipinski definition) is 6. The second-order valence-corrected chi connectivity index (χ2v) is 9.45. The van der Waals surface area contributed by atoms with E-state index in [1.807, 2.05) is 19.9 Å². The largest absolute Gasteiger partial charge is 0.444 e. The lowest BCUT2D eigenvalue weighted by molar-refractivity contribution is -0.135. The molecule has 1 aromatic rings. The summed E-state index contributed by atoms with van der Waals surface area (Å²) in [5.41, 5.74) is 0.0534. The van der Waals surface area contributed by atoms with Crippen LogP contribution in [-0.4, -0.2) is 66.3 Å². The van der Waals surface area contributed by atoms with Crippen LogP contribution in [0, 0.1) is 5.92 Å². The molecule has 0 aliphatic heterocycles. The van der Waals surface area contributed by atoms with E-state index < -0.39 is 48.2 Å². The Hall–Kier alpha value is -3.14. The van der Waals surface area contributed by atoms with Crippen molar-refractivity contribution in [2.75, 3.05) is 13.6 Å². The summed E-state index contributed by atoms with van der Waals surface area (Å²) in [6, 6.07) is 7.22. The Morgan fingerprint density at radius 3 is 2.06 bits per heavy atom. The van der Waals surface area contributed by atoms with Crippen LogP contribution in [0.3, 0.4) is 0 Å². The quantitative estimate of drug-likeness (QED) is 0.319. The molecule has 0 spiro atoms. The minimum atomic E-state index is -1.61. The molecule has 0 saturated heterocycles. The van der Waals surface area contributed by atoms with Crippen LogP contribution in [0.2, 0.25) is 0 Å². The maximum absolute atomic E-state index is 13.1. The average Bonchev–Trinajstić information content (AvgIpc) is 2.75. The maximum atomic E-state index is 13.1. The van der Waals surface area contributed by atoms with Crippen LogP contribution >= 0.6 is 0 Å². The molecule has 0 bridgehead atoms. The van der Waals surface area contributed by atoms with Gasteiger partial charge in [-0.2, -0.15) is 0 Å². The minimum Gasteiger partial charge on any atom is -0.444 e. The Labute approximate surface area is 201 Å². The third-order valence-corrected chi connectivity index (χ3v) is 4.64. The Morgan fingerprint density at radius 2 is 1.53 bits per heavy atom. The van der Waals surface area contributed by atoms with Crippen molar-refractivity contribution in [1.29, 1.82) is 0 Å². The number of rotatable bonds is 11. The molecule has 1 rings (SSSR count). The second-order valence-electron chi connectivity index (χ2n) is 9.45. The van der Waals surface area contributed by atoms with Crippen LogP contribution < -0.4 is 21.3 Å². The molecular formula is C24H38N4O6. The molecule has 0 radical (unpaired) electrons. The second kappa shape index (κ2) is 13.5. The molecule has 10 nitrogen and oxygen atoms in total. The fourth-order valence-corrected chi connectivity index (χ4v) is 3.06. The zero-order chi connectivity index (χ0) is 25.9. The SMILES string of the molecule is CNC(=O)[C@H](CC(C)C)NC(=O)[C@H](Cc1ccccc1)NC(=O)C(O)CNC(=O)OC(C)(C)C. The van der Waals surface area contributed by atoms with E-state index in [1.54, 1.807) is 45.0 Å². The van der Waals surface area contributed by atoms with Crippen molar-refractivity contribution >= 4 is 23.8 Å². The summed E-state index contributed by atoms with van der Waals surface area (Å²) in [6.45, 7) is 8.53. The Balaban J connectivity index is 2.90. The van der Waals surface area contributed by atoms with Gasteiger partial charge in [0.1, 0.15) is 23.8 Å². The van der Waals surface area contributed by atoms with Gasteiger partial charge in [-0.15, -0.1) is 0 Å². The summed E-state index contributed by atoms with van der Waals surface area (Å²) in [5, 5.41) is 20.3. The number of aliphatic hydroxyl groups excluding tert-OH is 1. The molecule has 0 heterocycles. The van der Waals surface area contributed by atoms with Crippen LogP contribution in [0.15, 0.2) is 30.3 Å². The highest BCUT2D eigenvalue weighted by Gasteiger charge is 2.29. The third kappa shape index (κ3) is 11.1. The van der Waals surface area contributed by atoms with E-state index in [0.29, 0.717) is 6.42 Å². The highest BCUT2D eigenvalue weighted by atomic mass is 16.6. The molecule has 0 aliphatic rings. The van der Waals surface area contributed by atoms with Crippen molar-refractivity contribution in [3.8, 4) is 0 Å². The zero-order valence-electron chi connectivity index (χ0n) is 20.8. The maximum Gasteiger partial charge on any atom is 0.407 e. The summed E-state index contributed by atoms with van der Waals surface area (Å²) in [4.78, 5) is 49.7. The van der Waals surface area contributed by atoms with E-state index in [-0.39, 0.29) is 18.2 Å². The summed E-state index contributed by atoms with van der Waals surface area (Å²) in [7, 11) is 1.49. The number of aliphatic hydroxyl groups is 1. The van der Waals surface area contributed by atoms with Crippen LogP contribution in [-0.2, 0) is 25.5 Å². The number of carbonyl (C=O) groups excluding carboxylic acids is 4. The molecule has 0 saturated carbocycles. The van der Waals surface area contributed by atoms with Gasteiger partial charge in [0.25, 0.3) is 5.91 Å². The minimum absolute atomic E-state index is 0.144. The molecule has 3 atom stereocenters. The predicted octanol–water partition coefficient (Wildman–Crippen LogP) is 0.876. The van der Waals surface area contributed by atoms with Crippen molar-refractivity contribution in [3.63, 3.8) is 0 Å². The number of ether oxygens (including phenoxy) is 1. The van der Waals surface area contributed by atoms with Gasteiger partial charge < -0.3 is 31.1 Å². The third-order valence-electron chi connectivity index (χ3n) is 4.64. The van der Waals surface area contributed by atoms with Crippen LogP contribution in [0.1, 0.15) is 46.6 Å². The van der Waals surface area contributed by atoms with Crippen molar-refractivity contribution in [2.24, 2.45) is 5.92 Å². The van der Waals surface area contributed by atoms with E-state index in [1.165, 1.54) is 7.05 Å². The Morgan fingerprint density at radius 1 is 0.941 bits per heavy atom. The fourth-order valence-electron chi connectivity index (χ4n) is 3.06. The highest BCUT2D eigenvalue weighted by Crippen LogP contribution is 2.09. The van der Waals surface area contributed by atoms with Gasteiger partial charge in [-0.1, -0.05) is 44.2 Å². The number of likely N-dealkylation sites (N-methyl/N-ethyl adjacent to an activating group) is 1. The topological polar surface area (TPSA) is 146 Å². The number of benzene rings is 1. The summed E-state index contributed by atoms with van der Waals surface area (Å²) in [6.07, 6.45) is -1.82. The fraction of sp³-hybridized carbons (Fsp3) is 0.583. The highest BCUT2D eigenvalue weighted by molar-refractivity contribution is 5.93. The monoisotopic (exact) mass is 478 g/mol. The van der Waals surface area contributed by atoms with Gasteiger partial charge in [-0.05, 0) is 38.7 Å². The molecule has 34 heavy (non-hydrogen) atoms. The Kier molecular flexibility index (Phi) is 11.5. The molecule has 1 aromatic carbocycles. The first-order valence-electron chi connectivity index (χ1n) is 11.3. The molecule has 1 unspecified atom stereocenters. The molecule has 0 aromatic heterocycles. The van der Waals surface area contributed by atoms with Crippen LogP contribution in [0.4, 0.5) is 4.79 Å². The van der Waals surface area contributed by atoms with Gasteiger partial charge in [0.05, 0.1) is 6.54 Å². The van der Waals surface area contributed by atoms with Crippen molar-refractivity contribution in [1.82, 2.24) is 21.3 Å². The van der Waals surface area contributed by atoms with Gasteiger partial charge in [0.15, 0.2) is 0 Å². The number of alkyl carbamates (subject to hydrolysis) is 1. The first-order valence-corrected chi connectivity index (χ1v) is 11.3. The van der Waals surface area contributed by atoms with Crippen molar-refractivity contribution in [2.45, 2.75) is 71.2 Å². The Bertz CT molecular complexity index is 823. The molecule has 0 fully saturated rings. The van der Waals surface area contributed by atoms with E-state index in [0.717, 1.165) is 5.56 Å². The number of carbonyl (C=O) groups is 4. The summed E-state index contributed by atoms with van der Waals surface area (Å²) >= 11 is 0. The van der Waals surface area contributed by atoms with E-state index in [2.05, 4.69) is 21.3 Å². The van der Waals surface area contributed by atoms with Gasteiger partial charge in [0.2, 0.25) is 11.8 Å². The first-order chi connectivity index (χ1) is 15.8. The number of amides is 4. The zero-order valence-corrected chi connectivity index (χ0v) is 20.8. The average molecular weight is 479 g/mol. The lowest BCUT2D eigenvalue weighted by Gasteiger charge is -2.25. The van der Waals surface area contributed by atoms with Gasteiger partial charge in [-0.3, -0.25) is 14.4 Å². The van der Waals surface area contributed by atoms with Crippen LogP contribution in [0.5, 0.6) is 0 Å². The predicted molar refractivity (Wildman–Crippen MR) is 128 cm³/mol. The first kappa shape index (κ1) is 28.9. The van der Waals surface area contributed by atoms with E-state index in [4.69, 9.17) is 4.74 Å². The van der Waals surface area contributed by atoms with Gasteiger partial charge >= 0.3 is 6.09 Å². The molecule has 4 amide bonds. The van der Waals surface area contributed by atoms with Gasteiger partial charge in [0, 0.05) is 13.5 Å². The van der Waals surface area contributed by atoms with Crippen LogP contribution in [0.25, 0.3) is 0 Å². The number of nitrogens with one attached hydrogen (secondary N) is 4. The molecule has 10 heteroatoms. The smallest absolute Gasteiger partial charge is 0.407 e. The molecule has 5 N–H and O–H groups in total. The molecular weight excluding hydrogens is 440 g/mol. The van der Waals surface area contributed by atoms with E-state index in [9.17, 15) is 24.3 Å². The van der Waals surface area contributed by atoms with Crippen molar-refractivity contribution in [3.05, 3.63) is 35.9 Å². The lowest BCUT2D eigenvalue weighted by atomic mass is 10.0. The summed E-state index contributed by atoms with van der Waals surface area (Å²) < 4.78 is 5.08. The lowest BCUT2D eigenvalue weighted by Crippen LogP contribution is -2.56. The van der Waals surface area contributed by atoms with E-state index >= 15 is 0 Å². The van der Waals surface area contributed by atoms with Crippen molar-refractivity contribution < 1.29 is 29.0 Å². The molecule has 190 valence electrons. The summed E-state index contributed by atoms with van der Waals surface area (Å²) in [5.74, 6) is -1.59. The number of hydrogen-bond donors (Lipinski definition) is 5.